The van der Waals surface area contributed by atoms with Gasteiger partial charge in [-0.05, 0) is 37.2 Å². The number of halogens is 1. The fraction of sp³-hybridized carbons (Fsp3) is 0.417. The van der Waals surface area contributed by atoms with Crippen molar-refractivity contribution in [2.45, 2.75) is 12.8 Å². The molecule has 1 N–H and O–H groups in total. The average Bonchev–Trinajstić information content (AvgIpc) is 2.57. The second-order valence-electron chi connectivity index (χ2n) is 4.37. The Morgan fingerprint density at radius 3 is 3.00 bits per heavy atom. The van der Waals surface area contributed by atoms with Crippen molar-refractivity contribution in [1.29, 1.82) is 0 Å². The molecule has 1 aliphatic heterocycles. The molecule has 2 heterocycles. The molecule has 1 aromatic carbocycles. The Morgan fingerprint density at radius 1 is 1.50 bits per heavy atom. The van der Waals surface area contributed by atoms with Crippen molar-refractivity contribution in [2.24, 2.45) is 5.92 Å². The van der Waals surface area contributed by atoms with Crippen LogP contribution < -0.4 is 5.32 Å². The Morgan fingerprint density at radius 2 is 2.31 bits per heavy atom. The van der Waals surface area contributed by atoms with E-state index in [0.29, 0.717) is 5.92 Å². The first-order chi connectivity index (χ1) is 7.74. The number of hydrogen-bond donors (Lipinski definition) is 1. The van der Waals surface area contributed by atoms with E-state index in [9.17, 15) is 0 Å². The minimum Gasteiger partial charge on any atom is -0.316 e. The number of thiazole rings is 1. The average molecular weight is 297 g/mol. The van der Waals surface area contributed by atoms with E-state index in [1.807, 2.05) is 11.3 Å². The van der Waals surface area contributed by atoms with Crippen molar-refractivity contribution in [2.75, 3.05) is 13.1 Å². The molecule has 1 aliphatic rings. The van der Waals surface area contributed by atoms with Crippen LogP contribution in [0.2, 0.25) is 0 Å². The zero-order valence-electron chi connectivity index (χ0n) is 9.03. The summed E-state index contributed by atoms with van der Waals surface area (Å²) < 4.78 is 2.41. The summed E-state index contributed by atoms with van der Waals surface area (Å²) in [6, 6.07) is 6.30. The molecule has 16 heavy (non-hydrogen) atoms. The number of rotatable bonds is 2. The van der Waals surface area contributed by atoms with Gasteiger partial charge in [0.15, 0.2) is 0 Å². The number of benzene rings is 1. The standard InChI is InChI=1S/C12H13BrN2S/c1-7(8-5-14-6-8)12-15-10-3-2-9(13)4-11(10)16-12/h2-4,7-8,14H,5-6H2,1H3. The van der Waals surface area contributed by atoms with Crippen LogP contribution in [0.1, 0.15) is 17.8 Å². The van der Waals surface area contributed by atoms with Crippen LogP contribution in [0.4, 0.5) is 0 Å². The van der Waals surface area contributed by atoms with Gasteiger partial charge in [-0.3, -0.25) is 0 Å². The van der Waals surface area contributed by atoms with E-state index >= 15 is 0 Å². The fourth-order valence-corrected chi connectivity index (χ4v) is 3.64. The van der Waals surface area contributed by atoms with Crippen LogP contribution in [-0.2, 0) is 0 Å². The summed E-state index contributed by atoms with van der Waals surface area (Å²) in [7, 11) is 0. The zero-order chi connectivity index (χ0) is 11.1. The van der Waals surface area contributed by atoms with Gasteiger partial charge < -0.3 is 5.32 Å². The molecule has 1 fully saturated rings. The van der Waals surface area contributed by atoms with Gasteiger partial charge >= 0.3 is 0 Å². The highest BCUT2D eigenvalue weighted by Gasteiger charge is 2.26. The number of fused-ring (bicyclic) bond motifs is 1. The summed E-state index contributed by atoms with van der Waals surface area (Å²) in [4.78, 5) is 4.73. The maximum Gasteiger partial charge on any atom is 0.0970 e. The Bertz CT molecular complexity index is 519. The van der Waals surface area contributed by atoms with E-state index in [4.69, 9.17) is 4.98 Å². The second kappa shape index (κ2) is 4.09. The smallest absolute Gasteiger partial charge is 0.0970 e. The third kappa shape index (κ3) is 1.79. The zero-order valence-corrected chi connectivity index (χ0v) is 11.4. The highest BCUT2D eigenvalue weighted by molar-refractivity contribution is 9.10. The summed E-state index contributed by atoms with van der Waals surface area (Å²) >= 11 is 5.33. The number of hydrogen-bond acceptors (Lipinski definition) is 3. The molecule has 1 atom stereocenters. The van der Waals surface area contributed by atoms with Crippen LogP contribution in [0.25, 0.3) is 10.2 Å². The van der Waals surface area contributed by atoms with Gasteiger partial charge in [0.2, 0.25) is 0 Å². The molecule has 2 aromatic rings. The maximum absolute atomic E-state index is 4.73. The number of aromatic nitrogens is 1. The normalized spacial score (nSPS) is 18.6. The Kier molecular flexibility index (Phi) is 2.73. The van der Waals surface area contributed by atoms with Crippen LogP contribution in [0.15, 0.2) is 22.7 Å². The Labute approximate surface area is 107 Å². The van der Waals surface area contributed by atoms with Crippen LogP contribution in [0.5, 0.6) is 0 Å². The van der Waals surface area contributed by atoms with Crippen molar-refractivity contribution in [1.82, 2.24) is 10.3 Å². The quantitative estimate of drug-likeness (QED) is 0.919. The third-order valence-electron chi connectivity index (χ3n) is 3.28. The highest BCUT2D eigenvalue weighted by Crippen LogP contribution is 2.34. The van der Waals surface area contributed by atoms with Gasteiger partial charge in [0, 0.05) is 10.4 Å². The summed E-state index contributed by atoms with van der Waals surface area (Å²) in [5.41, 5.74) is 1.13. The molecular formula is C12H13BrN2S. The molecule has 0 bridgehead atoms. The summed E-state index contributed by atoms with van der Waals surface area (Å²) in [5, 5.41) is 4.60. The first-order valence-electron chi connectivity index (χ1n) is 5.51. The van der Waals surface area contributed by atoms with Gasteiger partial charge in [0.05, 0.1) is 15.2 Å². The molecule has 0 amide bonds. The second-order valence-corrected chi connectivity index (χ2v) is 6.35. The number of nitrogens with zero attached hydrogens (tertiary/aromatic N) is 1. The molecular weight excluding hydrogens is 284 g/mol. The molecule has 1 saturated heterocycles. The molecule has 3 rings (SSSR count). The van der Waals surface area contributed by atoms with Gasteiger partial charge in [-0.1, -0.05) is 22.9 Å². The molecule has 2 nitrogen and oxygen atoms in total. The van der Waals surface area contributed by atoms with Crippen LogP contribution in [0.3, 0.4) is 0 Å². The molecule has 0 radical (unpaired) electrons. The van der Waals surface area contributed by atoms with E-state index in [1.54, 1.807) is 0 Å². The fourth-order valence-electron chi connectivity index (χ4n) is 1.98. The third-order valence-corrected chi connectivity index (χ3v) is 4.99. The monoisotopic (exact) mass is 296 g/mol. The Balaban J connectivity index is 1.97. The van der Waals surface area contributed by atoms with Crippen molar-refractivity contribution in [3.8, 4) is 0 Å². The van der Waals surface area contributed by atoms with Gasteiger partial charge in [-0.2, -0.15) is 0 Å². The summed E-state index contributed by atoms with van der Waals surface area (Å²) in [6.45, 7) is 4.57. The van der Waals surface area contributed by atoms with Crippen molar-refractivity contribution in [3.05, 3.63) is 27.7 Å². The predicted octanol–water partition coefficient (Wildman–Crippen LogP) is 3.38. The molecule has 1 aromatic heterocycles. The molecule has 4 heteroatoms. The minimum absolute atomic E-state index is 0.581. The lowest BCUT2D eigenvalue weighted by molar-refractivity contribution is 0.303. The van der Waals surface area contributed by atoms with Gasteiger partial charge in [-0.15, -0.1) is 11.3 Å². The summed E-state index contributed by atoms with van der Waals surface area (Å²) in [5.74, 6) is 1.35. The minimum atomic E-state index is 0.581. The molecule has 0 saturated carbocycles. The van der Waals surface area contributed by atoms with Gasteiger partial charge in [0.1, 0.15) is 0 Å². The number of nitrogens with one attached hydrogen (secondary N) is 1. The van der Waals surface area contributed by atoms with Gasteiger partial charge in [0.25, 0.3) is 0 Å². The van der Waals surface area contributed by atoms with Crippen molar-refractivity contribution >= 4 is 37.5 Å². The SMILES string of the molecule is CC(c1nc2ccc(Br)cc2s1)C1CNC1. The van der Waals surface area contributed by atoms with E-state index in [0.717, 1.165) is 29.0 Å². The van der Waals surface area contributed by atoms with Crippen LogP contribution >= 0.6 is 27.3 Å². The lowest BCUT2D eigenvalue weighted by Crippen LogP contribution is -2.44. The van der Waals surface area contributed by atoms with Crippen LogP contribution in [-0.4, -0.2) is 18.1 Å². The lowest BCUT2D eigenvalue weighted by Gasteiger charge is -2.31. The van der Waals surface area contributed by atoms with Crippen molar-refractivity contribution in [3.63, 3.8) is 0 Å². The van der Waals surface area contributed by atoms with Crippen molar-refractivity contribution < 1.29 is 0 Å². The largest absolute Gasteiger partial charge is 0.316 e. The van der Waals surface area contributed by atoms with Crippen LogP contribution in [0, 0.1) is 5.92 Å². The van der Waals surface area contributed by atoms with E-state index in [1.165, 1.54) is 9.71 Å². The van der Waals surface area contributed by atoms with E-state index in [2.05, 4.69) is 46.4 Å². The predicted molar refractivity (Wildman–Crippen MR) is 72.1 cm³/mol. The highest BCUT2D eigenvalue weighted by atomic mass is 79.9. The first-order valence-corrected chi connectivity index (χ1v) is 7.11. The van der Waals surface area contributed by atoms with Gasteiger partial charge in [-0.25, -0.2) is 4.98 Å². The molecule has 1 unspecified atom stereocenters. The first kappa shape index (κ1) is 10.7. The lowest BCUT2D eigenvalue weighted by atomic mass is 9.89. The molecule has 0 spiro atoms. The van der Waals surface area contributed by atoms with E-state index < -0.39 is 0 Å². The molecule has 84 valence electrons. The summed E-state index contributed by atoms with van der Waals surface area (Å²) in [6.07, 6.45) is 0. The van der Waals surface area contributed by atoms with E-state index in [-0.39, 0.29) is 0 Å². The Hall–Kier alpha value is -0.450. The molecule has 0 aliphatic carbocycles. The topological polar surface area (TPSA) is 24.9 Å². The maximum atomic E-state index is 4.73.